The summed E-state index contributed by atoms with van der Waals surface area (Å²) in [5.74, 6) is -0.0745. The van der Waals surface area contributed by atoms with Crippen molar-refractivity contribution in [1.29, 1.82) is 0 Å². The van der Waals surface area contributed by atoms with Crippen LogP contribution in [0.2, 0.25) is 0 Å². The van der Waals surface area contributed by atoms with Crippen LogP contribution in [0.3, 0.4) is 0 Å². The molecule has 0 saturated carbocycles. The highest BCUT2D eigenvalue weighted by Crippen LogP contribution is 2.15. The Morgan fingerprint density at radius 2 is 2.06 bits per heavy atom. The average Bonchev–Trinajstić information content (AvgIpc) is 2.25. The van der Waals surface area contributed by atoms with Crippen LogP contribution in [-0.4, -0.2) is 31.6 Å². The van der Waals surface area contributed by atoms with Crippen molar-refractivity contribution in [3.63, 3.8) is 0 Å². The number of rotatable bonds is 5. The van der Waals surface area contributed by atoms with Crippen LogP contribution < -0.4 is 10.7 Å². The van der Waals surface area contributed by atoms with Gasteiger partial charge in [0, 0.05) is 31.9 Å². The van der Waals surface area contributed by atoms with E-state index < -0.39 is 0 Å². The van der Waals surface area contributed by atoms with Crippen molar-refractivity contribution in [3.8, 4) is 0 Å². The molecule has 2 N–H and O–H groups in total. The minimum atomic E-state index is -0.0745. The molecule has 4 heteroatoms. The van der Waals surface area contributed by atoms with Crippen LogP contribution in [0.25, 0.3) is 0 Å². The summed E-state index contributed by atoms with van der Waals surface area (Å²) >= 11 is 0. The monoisotopic (exact) mass is 235 g/mol. The van der Waals surface area contributed by atoms with Crippen LogP contribution in [0, 0.1) is 6.92 Å². The summed E-state index contributed by atoms with van der Waals surface area (Å²) in [6, 6.07) is 5.79. The number of amides is 1. The molecule has 17 heavy (non-hydrogen) atoms. The third-order valence-electron chi connectivity index (χ3n) is 2.38. The Bertz CT molecular complexity index is 388. The quantitative estimate of drug-likeness (QED) is 0.767. The Morgan fingerprint density at radius 1 is 1.35 bits per heavy atom. The van der Waals surface area contributed by atoms with Gasteiger partial charge in [0.05, 0.1) is 0 Å². The number of anilines is 1. The molecule has 1 amide bonds. The van der Waals surface area contributed by atoms with Crippen LogP contribution in [0.15, 0.2) is 18.2 Å². The number of carbonyl (C=O) groups excluding carboxylic acids is 1. The van der Waals surface area contributed by atoms with Crippen LogP contribution in [0.5, 0.6) is 0 Å². The summed E-state index contributed by atoms with van der Waals surface area (Å²) in [6.07, 6.45) is 1.09. The van der Waals surface area contributed by atoms with Gasteiger partial charge >= 0.3 is 0 Å². The lowest BCUT2D eigenvalue weighted by atomic mass is 10.1. The molecular weight excluding hydrogens is 214 g/mol. The van der Waals surface area contributed by atoms with Crippen molar-refractivity contribution in [1.82, 2.24) is 10.4 Å². The summed E-state index contributed by atoms with van der Waals surface area (Å²) in [4.78, 5) is 11.8. The summed E-state index contributed by atoms with van der Waals surface area (Å²) in [5, 5.41) is 4.94. The van der Waals surface area contributed by atoms with Crippen LogP contribution >= 0.6 is 0 Å². The smallest absolute Gasteiger partial charge is 0.265 e. The van der Waals surface area contributed by atoms with Gasteiger partial charge in [-0.05, 0) is 37.1 Å². The van der Waals surface area contributed by atoms with Gasteiger partial charge in [-0.25, -0.2) is 5.01 Å². The molecule has 0 aliphatic carbocycles. The molecule has 0 unspecified atom stereocenters. The molecule has 0 fully saturated rings. The van der Waals surface area contributed by atoms with E-state index in [9.17, 15) is 4.79 Å². The first kappa shape index (κ1) is 13.5. The van der Waals surface area contributed by atoms with Crippen molar-refractivity contribution >= 4 is 11.6 Å². The molecular formula is C13H21N3O. The van der Waals surface area contributed by atoms with Gasteiger partial charge < -0.3 is 5.32 Å². The SMILES string of the molecule is CCCNc1ccc(C(=O)NN(C)C)c(C)c1. The first-order chi connectivity index (χ1) is 8.04. The van der Waals surface area contributed by atoms with Crippen molar-refractivity contribution in [2.24, 2.45) is 0 Å². The number of carbonyl (C=O) groups is 1. The Hall–Kier alpha value is -1.55. The molecule has 0 spiro atoms. The first-order valence-electron chi connectivity index (χ1n) is 5.87. The van der Waals surface area contributed by atoms with Crippen molar-refractivity contribution in [2.45, 2.75) is 20.3 Å². The summed E-state index contributed by atoms with van der Waals surface area (Å²) in [5.41, 5.74) is 5.48. The topological polar surface area (TPSA) is 44.4 Å². The second-order valence-electron chi connectivity index (χ2n) is 4.29. The third-order valence-corrected chi connectivity index (χ3v) is 2.38. The molecule has 0 atom stereocenters. The molecule has 1 rings (SSSR count). The van der Waals surface area contributed by atoms with Crippen LogP contribution in [0.4, 0.5) is 5.69 Å². The molecule has 0 bridgehead atoms. The lowest BCUT2D eigenvalue weighted by Crippen LogP contribution is -2.36. The highest BCUT2D eigenvalue weighted by atomic mass is 16.2. The van der Waals surface area contributed by atoms with Gasteiger partial charge in [-0.3, -0.25) is 10.2 Å². The van der Waals surface area contributed by atoms with Crippen molar-refractivity contribution in [2.75, 3.05) is 26.0 Å². The fourth-order valence-electron chi connectivity index (χ4n) is 1.56. The number of nitrogens with zero attached hydrogens (tertiary/aromatic N) is 1. The predicted octanol–water partition coefficient (Wildman–Crippen LogP) is 2.02. The second kappa shape index (κ2) is 6.25. The van der Waals surface area contributed by atoms with E-state index in [2.05, 4.69) is 17.7 Å². The standard InChI is InChI=1S/C13H21N3O/c1-5-8-14-11-6-7-12(10(2)9-11)13(17)15-16(3)4/h6-7,9,14H,5,8H2,1-4H3,(H,15,17). The van der Waals surface area contributed by atoms with Crippen LogP contribution in [0.1, 0.15) is 29.3 Å². The Kier molecular flexibility index (Phi) is 4.97. The minimum absolute atomic E-state index is 0.0745. The maximum absolute atomic E-state index is 11.8. The van der Waals surface area contributed by atoms with Gasteiger partial charge in [-0.1, -0.05) is 6.92 Å². The number of hydrogen-bond donors (Lipinski definition) is 2. The Balaban J connectivity index is 2.78. The molecule has 0 heterocycles. The van der Waals surface area contributed by atoms with Crippen LogP contribution in [-0.2, 0) is 0 Å². The van der Waals surface area contributed by atoms with Gasteiger partial charge in [-0.2, -0.15) is 0 Å². The lowest BCUT2D eigenvalue weighted by molar-refractivity contribution is 0.0856. The molecule has 0 aromatic heterocycles. The van der Waals surface area contributed by atoms with Gasteiger partial charge in [0.25, 0.3) is 5.91 Å². The molecule has 1 aromatic carbocycles. The molecule has 0 radical (unpaired) electrons. The normalized spacial score (nSPS) is 10.4. The fourth-order valence-corrected chi connectivity index (χ4v) is 1.56. The molecule has 0 aliphatic heterocycles. The Morgan fingerprint density at radius 3 is 2.59 bits per heavy atom. The minimum Gasteiger partial charge on any atom is -0.385 e. The van der Waals surface area contributed by atoms with Gasteiger partial charge in [0.15, 0.2) is 0 Å². The number of nitrogens with one attached hydrogen (secondary N) is 2. The highest BCUT2D eigenvalue weighted by Gasteiger charge is 2.09. The number of aryl methyl sites for hydroxylation is 1. The number of hydrogen-bond acceptors (Lipinski definition) is 3. The summed E-state index contributed by atoms with van der Waals surface area (Å²) < 4.78 is 0. The van der Waals surface area contributed by atoms with E-state index in [1.807, 2.05) is 25.1 Å². The summed E-state index contributed by atoms with van der Waals surface area (Å²) in [6.45, 7) is 5.02. The van der Waals surface area contributed by atoms with E-state index in [1.165, 1.54) is 0 Å². The zero-order valence-electron chi connectivity index (χ0n) is 11.0. The maximum Gasteiger partial charge on any atom is 0.265 e. The Labute approximate surface area is 103 Å². The van der Waals surface area contributed by atoms with Gasteiger partial charge in [0.2, 0.25) is 0 Å². The van der Waals surface area contributed by atoms with E-state index in [4.69, 9.17) is 0 Å². The molecule has 1 aromatic rings. The fraction of sp³-hybridized carbons (Fsp3) is 0.462. The number of hydrazine groups is 1. The van der Waals surface area contributed by atoms with Gasteiger partial charge in [0.1, 0.15) is 0 Å². The average molecular weight is 235 g/mol. The number of benzene rings is 1. The van der Waals surface area contributed by atoms with Crippen molar-refractivity contribution in [3.05, 3.63) is 29.3 Å². The molecule has 4 nitrogen and oxygen atoms in total. The van der Waals surface area contributed by atoms with E-state index >= 15 is 0 Å². The maximum atomic E-state index is 11.8. The first-order valence-corrected chi connectivity index (χ1v) is 5.87. The molecule has 94 valence electrons. The van der Waals surface area contributed by atoms with E-state index in [0.717, 1.165) is 24.2 Å². The largest absolute Gasteiger partial charge is 0.385 e. The third kappa shape index (κ3) is 4.07. The molecule has 0 saturated heterocycles. The van der Waals surface area contributed by atoms with E-state index in [1.54, 1.807) is 19.1 Å². The highest BCUT2D eigenvalue weighted by molar-refractivity contribution is 5.95. The lowest BCUT2D eigenvalue weighted by Gasteiger charge is -2.14. The zero-order chi connectivity index (χ0) is 12.8. The molecule has 0 aliphatic rings. The second-order valence-corrected chi connectivity index (χ2v) is 4.29. The van der Waals surface area contributed by atoms with E-state index in [0.29, 0.717) is 5.56 Å². The van der Waals surface area contributed by atoms with E-state index in [-0.39, 0.29) is 5.91 Å². The zero-order valence-corrected chi connectivity index (χ0v) is 11.0. The van der Waals surface area contributed by atoms with Crippen molar-refractivity contribution < 1.29 is 4.79 Å². The predicted molar refractivity (Wildman–Crippen MR) is 71.1 cm³/mol. The summed E-state index contributed by atoms with van der Waals surface area (Å²) in [7, 11) is 3.59. The van der Waals surface area contributed by atoms with Gasteiger partial charge in [-0.15, -0.1) is 0 Å².